The number of carbonyl (C=O) groups is 1. The van der Waals surface area contributed by atoms with E-state index in [-0.39, 0.29) is 18.1 Å². The number of morpholine rings is 1. The Morgan fingerprint density at radius 2 is 2.22 bits per heavy atom. The van der Waals surface area contributed by atoms with E-state index in [9.17, 15) is 4.79 Å². The highest BCUT2D eigenvalue weighted by Gasteiger charge is 2.25. The largest absolute Gasteiger partial charge is 0.372 e. The first-order valence-corrected chi connectivity index (χ1v) is 9.65. The molecule has 0 bridgehead atoms. The minimum absolute atomic E-state index is 0.108. The molecule has 23 heavy (non-hydrogen) atoms. The second-order valence-corrected chi connectivity index (χ2v) is 7.64. The Kier molecular flexibility index (Phi) is 5.40. The fourth-order valence-corrected chi connectivity index (χ4v) is 4.11. The third-order valence-corrected chi connectivity index (χ3v) is 5.41. The third-order valence-electron chi connectivity index (χ3n) is 3.57. The number of amides is 1. The number of rotatable bonds is 5. The van der Waals surface area contributed by atoms with Crippen molar-refractivity contribution in [1.82, 2.24) is 10.1 Å². The van der Waals surface area contributed by atoms with Crippen molar-refractivity contribution in [3.63, 3.8) is 0 Å². The van der Waals surface area contributed by atoms with Crippen LogP contribution in [0, 0.1) is 0 Å². The van der Waals surface area contributed by atoms with Gasteiger partial charge in [0.25, 0.3) is 0 Å². The summed E-state index contributed by atoms with van der Waals surface area (Å²) in [4.78, 5) is 15.2. The molecule has 1 fully saturated rings. The van der Waals surface area contributed by atoms with Crippen molar-refractivity contribution in [2.24, 2.45) is 0 Å². The van der Waals surface area contributed by atoms with Gasteiger partial charge >= 0.3 is 0 Å². The van der Waals surface area contributed by atoms with Crippen LogP contribution >= 0.6 is 23.1 Å². The Bertz CT molecular complexity index is 632. The predicted molar refractivity (Wildman–Crippen MR) is 92.6 cm³/mol. The summed E-state index contributed by atoms with van der Waals surface area (Å²) >= 11 is 3.19. The van der Waals surface area contributed by atoms with Crippen LogP contribution in [0.25, 0.3) is 10.6 Å². The predicted octanol–water partition coefficient (Wildman–Crippen LogP) is 3.27. The Balaban J connectivity index is 1.47. The van der Waals surface area contributed by atoms with Gasteiger partial charge in [-0.15, -0.1) is 23.1 Å². The van der Waals surface area contributed by atoms with Crippen LogP contribution in [0.4, 0.5) is 0 Å². The highest BCUT2D eigenvalue weighted by molar-refractivity contribution is 7.99. The summed E-state index contributed by atoms with van der Waals surface area (Å²) in [6.45, 7) is 5.36. The van der Waals surface area contributed by atoms with Gasteiger partial charge in [-0.25, -0.2) is 0 Å². The maximum Gasteiger partial charge on any atom is 0.232 e. The lowest BCUT2D eigenvalue weighted by Gasteiger charge is -2.35. The second-order valence-electron chi connectivity index (χ2n) is 5.71. The Morgan fingerprint density at radius 1 is 1.43 bits per heavy atom. The molecule has 3 heterocycles. The number of ether oxygens (including phenoxy) is 1. The van der Waals surface area contributed by atoms with Crippen molar-refractivity contribution in [3.05, 3.63) is 29.3 Å². The quantitative estimate of drug-likeness (QED) is 0.827. The lowest BCUT2D eigenvalue weighted by molar-refractivity contribution is -0.140. The molecule has 0 radical (unpaired) electrons. The van der Waals surface area contributed by atoms with Gasteiger partial charge in [0.2, 0.25) is 5.91 Å². The summed E-state index contributed by atoms with van der Waals surface area (Å²) in [5.74, 6) is 2.09. The number of hydrogen-bond donors (Lipinski definition) is 0. The molecule has 0 N–H and O–H groups in total. The number of hydrogen-bond acceptors (Lipinski definition) is 6. The Labute approximate surface area is 144 Å². The SMILES string of the molecule is C[C@H]1CN(C(=O)CSCc2cc(-c3cccs3)on2)C[C@H](C)O1. The van der Waals surface area contributed by atoms with E-state index in [2.05, 4.69) is 5.16 Å². The zero-order chi connectivity index (χ0) is 16.2. The lowest BCUT2D eigenvalue weighted by atomic mass is 10.2. The maximum atomic E-state index is 12.3. The van der Waals surface area contributed by atoms with Gasteiger partial charge in [-0.1, -0.05) is 11.2 Å². The first-order valence-electron chi connectivity index (χ1n) is 7.62. The summed E-state index contributed by atoms with van der Waals surface area (Å²) in [6.07, 6.45) is 0.216. The van der Waals surface area contributed by atoms with E-state index in [1.54, 1.807) is 23.1 Å². The molecule has 0 aromatic carbocycles. The van der Waals surface area contributed by atoms with E-state index in [4.69, 9.17) is 9.26 Å². The van der Waals surface area contributed by atoms with E-state index in [1.807, 2.05) is 42.3 Å². The number of aromatic nitrogens is 1. The normalized spacial score (nSPS) is 21.6. The lowest BCUT2D eigenvalue weighted by Crippen LogP contribution is -2.48. The van der Waals surface area contributed by atoms with Gasteiger partial charge in [0.15, 0.2) is 5.76 Å². The molecule has 1 aliphatic rings. The minimum Gasteiger partial charge on any atom is -0.372 e. The van der Waals surface area contributed by atoms with Crippen molar-refractivity contribution in [3.8, 4) is 10.6 Å². The molecule has 1 amide bonds. The van der Waals surface area contributed by atoms with Crippen LogP contribution in [0.15, 0.2) is 28.1 Å². The fourth-order valence-electron chi connectivity index (χ4n) is 2.63. The van der Waals surface area contributed by atoms with Gasteiger partial charge in [-0.2, -0.15) is 0 Å². The standard InChI is InChI=1S/C16H20N2O3S2/c1-11-7-18(8-12(2)20-11)16(19)10-22-9-13-6-14(21-17-13)15-4-3-5-23-15/h3-6,11-12H,7-10H2,1-2H3/t11-,12-/m0/s1. The smallest absolute Gasteiger partial charge is 0.232 e. The first kappa shape index (κ1) is 16.5. The number of nitrogens with zero attached hydrogens (tertiary/aromatic N) is 2. The molecular formula is C16H20N2O3S2. The van der Waals surface area contributed by atoms with Crippen LogP contribution in [-0.4, -0.2) is 47.0 Å². The molecule has 0 aliphatic carbocycles. The van der Waals surface area contributed by atoms with Gasteiger partial charge in [0, 0.05) is 24.9 Å². The molecule has 0 saturated carbocycles. The monoisotopic (exact) mass is 352 g/mol. The van der Waals surface area contributed by atoms with E-state index >= 15 is 0 Å². The van der Waals surface area contributed by atoms with Crippen LogP contribution in [0.3, 0.4) is 0 Å². The maximum absolute atomic E-state index is 12.3. The Morgan fingerprint density at radius 3 is 2.91 bits per heavy atom. The zero-order valence-electron chi connectivity index (χ0n) is 13.2. The van der Waals surface area contributed by atoms with Gasteiger partial charge in [-0.3, -0.25) is 4.79 Å². The summed E-state index contributed by atoms with van der Waals surface area (Å²) < 4.78 is 11.0. The Hall–Kier alpha value is -1.31. The molecule has 0 spiro atoms. The number of thioether (sulfide) groups is 1. The molecule has 2 aromatic heterocycles. The average Bonchev–Trinajstić information content (AvgIpc) is 3.17. The van der Waals surface area contributed by atoms with Crippen molar-refractivity contribution < 1.29 is 14.1 Å². The van der Waals surface area contributed by atoms with Crippen molar-refractivity contribution >= 4 is 29.0 Å². The van der Waals surface area contributed by atoms with Crippen molar-refractivity contribution in [2.75, 3.05) is 18.8 Å². The van der Waals surface area contributed by atoms with Crippen LogP contribution < -0.4 is 0 Å². The van der Waals surface area contributed by atoms with E-state index < -0.39 is 0 Å². The summed E-state index contributed by atoms with van der Waals surface area (Å²) in [5.41, 5.74) is 0.870. The van der Waals surface area contributed by atoms with Gasteiger partial charge < -0.3 is 14.2 Å². The third kappa shape index (κ3) is 4.37. The molecular weight excluding hydrogens is 332 g/mol. The summed E-state index contributed by atoms with van der Waals surface area (Å²) in [7, 11) is 0. The molecule has 5 nitrogen and oxygen atoms in total. The zero-order valence-corrected chi connectivity index (χ0v) is 14.9. The molecule has 2 atom stereocenters. The van der Waals surface area contributed by atoms with Crippen molar-refractivity contribution in [1.29, 1.82) is 0 Å². The average molecular weight is 352 g/mol. The topological polar surface area (TPSA) is 55.6 Å². The van der Waals surface area contributed by atoms with Crippen molar-refractivity contribution in [2.45, 2.75) is 31.8 Å². The van der Waals surface area contributed by atoms with E-state index in [1.165, 1.54) is 0 Å². The highest BCUT2D eigenvalue weighted by Crippen LogP contribution is 2.26. The summed E-state index contributed by atoms with van der Waals surface area (Å²) in [5, 5.41) is 6.08. The first-order chi connectivity index (χ1) is 11.1. The van der Waals surface area contributed by atoms with Gasteiger partial charge in [0.1, 0.15) is 0 Å². The molecule has 3 rings (SSSR count). The molecule has 124 valence electrons. The molecule has 1 aliphatic heterocycles. The molecule has 7 heteroatoms. The minimum atomic E-state index is 0.108. The highest BCUT2D eigenvalue weighted by atomic mass is 32.2. The number of carbonyl (C=O) groups excluding carboxylic acids is 1. The van der Waals surface area contributed by atoms with Crippen LogP contribution in [0.2, 0.25) is 0 Å². The molecule has 1 saturated heterocycles. The molecule has 2 aromatic rings. The summed E-state index contributed by atoms with van der Waals surface area (Å²) in [6, 6.07) is 5.94. The second kappa shape index (κ2) is 7.51. The number of thiophene rings is 1. The van der Waals surface area contributed by atoms with Gasteiger partial charge in [-0.05, 0) is 25.3 Å². The van der Waals surface area contributed by atoms with Crippen LogP contribution in [0.1, 0.15) is 19.5 Å². The van der Waals surface area contributed by atoms with Gasteiger partial charge in [0.05, 0.1) is 28.5 Å². The van der Waals surface area contributed by atoms with E-state index in [0.717, 1.165) is 16.3 Å². The van der Waals surface area contributed by atoms with E-state index in [0.29, 0.717) is 24.6 Å². The fraction of sp³-hybridized carbons (Fsp3) is 0.500. The van der Waals surface area contributed by atoms with Crippen LogP contribution in [-0.2, 0) is 15.3 Å². The molecule has 0 unspecified atom stereocenters. The van der Waals surface area contributed by atoms with Crippen LogP contribution in [0.5, 0.6) is 0 Å².